The Morgan fingerprint density at radius 1 is 0.680 bits per heavy atom. The predicted molar refractivity (Wildman–Crippen MR) is 111 cm³/mol. The Bertz CT molecular complexity index is 610. The van der Waals surface area contributed by atoms with Gasteiger partial charge in [0.15, 0.2) is 0 Å². The molecule has 2 nitrogen and oxygen atoms in total. The topological polar surface area (TPSA) is 18.5 Å². The number of ether oxygens (including phenoxy) is 2. The maximum atomic E-state index is 5.95. The molecule has 0 saturated heterocycles. The predicted octanol–water partition coefficient (Wildman–Crippen LogP) is 3.51. The van der Waals surface area contributed by atoms with Crippen molar-refractivity contribution in [2.75, 3.05) is 13.2 Å². The first kappa shape index (κ1) is 19.6. The van der Waals surface area contributed by atoms with Gasteiger partial charge in [0.25, 0.3) is 0 Å². The molecule has 0 fully saturated rings. The van der Waals surface area contributed by atoms with Crippen LogP contribution in [-0.4, -0.2) is 22.7 Å². The van der Waals surface area contributed by atoms with Gasteiger partial charge in [-0.3, -0.25) is 0 Å². The molecular formula is C22H32O2Si. The molecule has 0 atom stereocenters. The minimum absolute atomic E-state index is 0.642. The summed E-state index contributed by atoms with van der Waals surface area (Å²) < 4.78 is 11.9. The number of hydrogen-bond acceptors (Lipinski definition) is 2. The monoisotopic (exact) mass is 356 g/mol. The van der Waals surface area contributed by atoms with E-state index in [1.165, 1.54) is 21.5 Å². The maximum absolute atomic E-state index is 5.95. The van der Waals surface area contributed by atoms with Crippen LogP contribution in [0.3, 0.4) is 0 Å². The summed E-state index contributed by atoms with van der Waals surface area (Å²) in [7, 11) is -0.642. The third-order valence-corrected chi connectivity index (χ3v) is 6.25. The smallest absolute Gasteiger partial charge is 0.118 e. The Labute approximate surface area is 155 Å². The van der Waals surface area contributed by atoms with Crippen molar-refractivity contribution in [3.63, 3.8) is 0 Å². The fourth-order valence-electron chi connectivity index (χ4n) is 3.16. The summed E-state index contributed by atoms with van der Waals surface area (Å²) in [4.78, 5) is 0. The van der Waals surface area contributed by atoms with Crippen LogP contribution in [0.15, 0.2) is 36.4 Å². The molecule has 3 heteroatoms. The average Bonchev–Trinajstić information content (AvgIpc) is 2.60. The third kappa shape index (κ3) is 5.64. The highest BCUT2D eigenvalue weighted by Crippen LogP contribution is 2.16. The van der Waals surface area contributed by atoms with Gasteiger partial charge < -0.3 is 9.47 Å². The van der Waals surface area contributed by atoms with Crippen molar-refractivity contribution in [3.8, 4) is 11.5 Å². The summed E-state index contributed by atoms with van der Waals surface area (Å²) in [6, 6.07) is 13.6. The van der Waals surface area contributed by atoms with E-state index >= 15 is 0 Å². The van der Waals surface area contributed by atoms with Crippen molar-refractivity contribution in [2.45, 2.75) is 53.4 Å². The van der Waals surface area contributed by atoms with Gasteiger partial charge in [-0.1, -0.05) is 51.0 Å². The van der Waals surface area contributed by atoms with Crippen molar-refractivity contribution in [1.82, 2.24) is 0 Å². The van der Waals surface area contributed by atoms with E-state index in [2.05, 4.69) is 64.1 Å². The first-order valence-electron chi connectivity index (χ1n) is 9.70. The fraction of sp³-hybridized carbons (Fsp3) is 0.455. The van der Waals surface area contributed by atoms with E-state index in [1.807, 2.05) is 0 Å². The summed E-state index contributed by atoms with van der Waals surface area (Å²) in [5.74, 6) is 2.14. The van der Waals surface area contributed by atoms with Crippen LogP contribution in [0, 0.1) is 0 Å². The molecule has 0 heterocycles. The molecule has 0 aliphatic rings. The van der Waals surface area contributed by atoms with Gasteiger partial charge in [0.05, 0.1) is 22.7 Å². The molecule has 2 rings (SSSR count). The van der Waals surface area contributed by atoms with E-state index in [4.69, 9.17) is 9.47 Å². The zero-order valence-electron chi connectivity index (χ0n) is 16.2. The second-order valence-corrected chi connectivity index (χ2v) is 8.30. The fourth-order valence-corrected chi connectivity index (χ4v) is 4.80. The van der Waals surface area contributed by atoms with Crippen LogP contribution in [0.4, 0.5) is 0 Å². The van der Waals surface area contributed by atoms with Crippen LogP contribution >= 0.6 is 0 Å². The second kappa shape index (κ2) is 10.3. The number of hydrogen-bond donors (Lipinski definition) is 0. The first-order valence-corrected chi connectivity index (χ1v) is 11.1. The highest BCUT2D eigenvalue weighted by molar-refractivity contribution is 6.69. The molecule has 136 valence electrons. The highest BCUT2D eigenvalue weighted by Gasteiger charge is 2.11. The Hall–Kier alpha value is -1.74. The molecule has 0 aromatic heterocycles. The van der Waals surface area contributed by atoms with E-state index in [0.29, 0.717) is 13.2 Å². The maximum Gasteiger partial charge on any atom is 0.118 e. The molecule has 2 aromatic rings. The van der Waals surface area contributed by atoms with Gasteiger partial charge in [-0.2, -0.15) is 0 Å². The molecule has 2 aromatic carbocycles. The van der Waals surface area contributed by atoms with Crippen LogP contribution in [-0.2, 0) is 12.8 Å². The minimum atomic E-state index is -0.642. The summed E-state index contributed by atoms with van der Waals surface area (Å²) in [6.45, 7) is 9.98. The van der Waals surface area contributed by atoms with Gasteiger partial charge in [-0.15, -0.1) is 0 Å². The van der Waals surface area contributed by atoms with E-state index < -0.39 is 9.52 Å². The third-order valence-electron chi connectivity index (χ3n) is 4.32. The van der Waals surface area contributed by atoms with Gasteiger partial charge in [0.2, 0.25) is 0 Å². The van der Waals surface area contributed by atoms with Crippen molar-refractivity contribution in [3.05, 3.63) is 47.5 Å². The standard InChI is InChI=1S/C22H32O2Si/c1-5-9-17-11-13-21(19(15-17)23-7-3)25-22-14-12-18(10-6-2)16-20(22)24-8-4/h11-16H,5-10,25H2,1-4H3. The normalized spacial score (nSPS) is 10.7. The van der Waals surface area contributed by atoms with Crippen LogP contribution in [0.5, 0.6) is 11.5 Å². The van der Waals surface area contributed by atoms with Gasteiger partial charge in [-0.25, -0.2) is 0 Å². The van der Waals surface area contributed by atoms with E-state index in [-0.39, 0.29) is 0 Å². The van der Waals surface area contributed by atoms with Crippen LogP contribution in [0.1, 0.15) is 51.7 Å². The Balaban J connectivity index is 2.31. The largest absolute Gasteiger partial charge is 0.494 e. The van der Waals surface area contributed by atoms with E-state index in [0.717, 1.165) is 37.2 Å². The summed E-state index contributed by atoms with van der Waals surface area (Å²) >= 11 is 0. The Morgan fingerprint density at radius 2 is 1.12 bits per heavy atom. The molecule has 0 unspecified atom stereocenters. The first-order chi connectivity index (χ1) is 12.2. The molecular weight excluding hydrogens is 324 g/mol. The number of rotatable bonds is 10. The number of benzene rings is 2. The van der Waals surface area contributed by atoms with Crippen molar-refractivity contribution >= 4 is 19.9 Å². The Kier molecular flexibility index (Phi) is 8.06. The minimum Gasteiger partial charge on any atom is -0.494 e. The average molecular weight is 357 g/mol. The zero-order chi connectivity index (χ0) is 18.1. The molecule has 0 amide bonds. The Morgan fingerprint density at radius 3 is 1.48 bits per heavy atom. The van der Waals surface area contributed by atoms with Gasteiger partial charge in [0.1, 0.15) is 11.5 Å². The summed E-state index contributed by atoms with van der Waals surface area (Å²) in [5, 5.41) is 2.73. The lowest BCUT2D eigenvalue weighted by Gasteiger charge is -2.15. The molecule has 0 N–H and O–H groups in total. The molecule has 0 spiro atoms. The number of aryl methyl sites for hydroxylation is 2. The molecule has 0 aliphatic heterocycles. The van der Waals surface area contributed by atoms with E-state index in [1.54, 1.807) is 0 Å². The summed E-state index contributed by atoms with van der Waals surface area (Å²) in [5.41, 5.74) is 2.74. The molecule has 0 aliphatic carbocycles. The van der Waals surface area contributed by atoms with Gasteiger partial charge in [-0.05, 0) is 60.3 Å². The molecule has 25 heavy (non-hydrogen) atoms. The quantitative estimate of drug-likeness (QED) is 0.607. The molecule has 0 bridgehead atoms. The summed E-state index contributed by atoms with van der Waals surface area (Å²) in [6.07, 6.45) is 4.54. The lowest BCUT2D eigenvalue weighted by Crippen LogP contribution is -2.30. The van der Waals surface area contributed by atoms with Crippen LogP contribution in [0.25, 0.3) is 0 Å². The van der Waals surface area contributed by atoms with Crippen molar-refractivity contribution < 1.29 is 9.47 Å². The second-order valence-electron chi connectivity index (χ2n) is 6.43. The SMILES string of the molecule is CCCc1ccc([SiH2]c2ccc(CCC)cc2OCC)c(OCC)c1. The highest BCUT2D eigenvalue weighted by atomic mass is 28.2. The van der Waals surface area contributed by atoms with E-state index in [9.17, 15) is 0 Å². The lowest BCUT2D eigenvalue weighted by atomic mass is 10.1. The van der Waals surface area contributed by atoms with Gasteiger partial charge in [0, 0.05) is 0 Å². The van der Waals surface area contributed by atoms with Gasteiger partial charge >= 0.3 is 0 Å². The van der Waals surface area contributed by atoms with Crippen LogP contribution in [0.2, 0.25) is 0 Å². The lowest BCUT2D eigenvalue weighted by molar-refractivity contribution is 0.342. The zero-order valence-corrected chi connectivity index (χ0v) is 17.6. The van der Waals surface area contributed by atoms with Crippen LogP contribution < -0.4 is 19.8 Å². The van der Waals surface area contributed by atoms with Crippen molar-refractivity contribution in [1.29, 1.82) is 0 Å². The molecule has 0 radical (unpaired) electrons. The van der Waals surface area contributed by atoms with Crippen molar-refractivity contribution in [2.24, 2.45) is 0 Å². The molecule has 0 saturated carbocycles.